The van der Waals surface area contributed by atoms with E-state index in [2.05, 4.69) is 38.0 Å². The zero-order valence-electron chi connectivity index (χ0n) is 16.1. The number of nitrogens with one attached hydrogen (secondary N) is 1. The molecular weight excluding hydrogens is 327 g/mol. The summed E-state index contributed by atoms with van der Waals surface area (Å²) >= 11 is 1.70. The van der Waals surface area contributed by atoms with E-state index in [9.17, 15) is 0 Å². The summed E-state index contributed by atoms with van der Waals surface area (Å²) in [5.41, 5.74) is 7.00. The number of anilines is 2. The minimum Gasteiger partial charge on any atom is -0.496 e. The molecule has 130 valence electrons. The first-order valence-corrected chi connectivity index (χ1v) is 9.06. The molecule has 0 atom stereocenters. The van der Waals surface area contributed by atoms with Gasteiger partial charge in [-0.1, -0.05) is 28.9 Å². The van der Waals surface area contributed by atoms with Gasteiger partial charge in [-0.05, 0) is 58.1 Å². The van der Waals surface area contributed by atoms with E-state index in [1.165, 1.54) is 10.5 Å². The van der Waals surface area contributed by atoms with Crippen molar-refractivity contribution in [3.8, 4) is 5.75 Å². The molecule has 1 heterocycles. The predicted molar refractivity (Wildman–Crippen MR) is 110 cm³/mol. The number of thioether (sulfide) groups is 1. The lowest BCUT2D eigenvalue weighted by molar-refractivity contribution is 0.412. The second-order valence-electron chi connectivity index (χ2n) is 6.37. The number of allylic oxidation sites excluding steroid dienone is 2. The highest BCUT2D eigenvalue weighted by molar-refractivity contribution is 8.03. The van der Waals surface area contributed by atoms with Gasteiger partial charge in [-0.15, -0.1) is 0 Å². The lowest BCUT2D eigenvalue weighted by Gasteiger charge is -2.21. The van der Waals surface area contributed by atoms with E-state index >= 15 is 0 Å². The molecule has 0 aliphatic rings. The Morgan fingerprint density at radius 3 is 2.40 bits per heavy atom. The van der Waals surface area contributed by atoms with E-state index in [-0.39, 0.29) is 0 Å². The Hall–Kier alpha value is -1.88. The standard InChI is InChI=1S/C20H25BN2OS/c1-11(2)15(6)25-20-14(5)22-10-16(21)19(20)23-18-12(3)8-9-17(24-7)13(18)4/h8-10H,1-7H3,(H,22,23). The molecule has 0 aliphatic carbocycles. The van der Waals surface area contributed by atoms with Crippen LogP contribution in [0.25, 0.3) is 0 Å². The molecule has 0 amide bonds. The Morgan fingerprint density at radius 1 is 1.12 bits per heavy atom. The van der Waals surface area contributed by atoms with Crippen molar-refractivity contribution < 1.29 is 4.74 Å². The average molecular weight is 352 g/mol. The van der Waals surface area contributed by atoms with Crippen LogP contribution in [-0.2, 0) is 0 Å². The molecule has 2 radical (unpaired) electrons. The molecule has 2 rings (SSSR count). The van der Waals surface area contributed by atoms with Crippen LogP contribution in [0, 0.1) is 20.8 Å². The zero-order chi connectivity index (χ0) is 18.7. The Balaban J connectivity index is 2.58. The average Bonchev–Trinajstić information content (AvgIpc) is 2.56. The van der Waals surface area contributed by atoms with Gasteiger partial charge in [-0.2, -0.15) is 0 Å². The van der Waals surface area contributed by atoms with Gasteiger partial charge in [-0.3, -0.25) is 4.98 Å². The molecular formula is C20H25BN2OS. The van der Waals surface area contributed by atoms with Crippen molar-refractivity contribution in [1.29, 1.82) is 0 Å². The summed E-state index contributed by atoms with van der Waals surface area (Å²) in [5, 5.41) is 3.55. The molecule has 1 N–H and O–H groups in total. The molecule has 0 spiro atoms. The van der Waals surface area contributed by atoms with Crippen molar-refractivity contribution in [2.45, 2.75) is 46.4 Å². The van der Waals surface area contributed by atoms with Gasteiger partial charge in [0.1, 0.15) is 13.6 Å². The van der Waals surface area contributed by atoms with Crippen LogP contribution in [-0.4, -0.2) is 19.9 Å². The summed E-state index contributed by atoms with van der Waals surface area (Å²) in [6.45, 7) is 12.5. The molecule has 25 heavy (non-hydrogen) atoms. The number of benzene rings is 1. The summed E-state index contributed by atoms with van der Waals surface area (Å²) in [7, 11) is 7.96. The molecule has 0 unspecified atom stereocenters. The fourth-order valence-electron chi connectivity index (χ4n) is 2.48. The summed E-state index contributed by atoms with van der Waals surface area (Å²) in [4.78, 5) is 6.74. The molecule has 1 aromatic heterocycles. The number of methoxy groups -OCH3 is 1. The van der Waals surface area contributed by atoms with Gasteiger partial charge >= 0.3 is 0 Å². The Labute approximate surface area is 156 Å². The SMILES string of the molecule is [B]c1cnc(C)c(SC(C)=C(C)C)c1Nc1c(C)ccc(OC)c1C. The third kappa shape index (κ3) is 4.21. The number of hydrogen-bond acceptors (Lipinski definition) is 4. The largest absolute Gasteiger partial charge is 0.496 e. The first kappa shape index (κ1) is 19.4. The highest BCUT2D eigenvalue weighted by atomic mass is 32.2. The van der Waals surface area contributed by atoms with Crippen LogP contribution in [0.15, 0.2) is 33.7 Å². The first-order chi connectivity index (χ1) is 11.8. The monoisotopic (exact) mass is 352 g/mol. The lowest BCUT2D eigenvalue weighted by atomic mass is 9.95. The summed E-state index contributed by atoms with van der Waals surface area (Å²) in [6.07, 6.45) is 1.71. The molecule has 2 aromatic rings. The van der Waals surface area contributed by atoms with Gasteiger partial charge in [-0.25, -0.2) is 0 Å². The second kappa shape index (κ2) is 8.00. The van der Waals surface area contributed by atoms with Crippen LogP contribution >= 0.6 is 11.8 Å². The first-order valence-electron chi connectivity index (χ1n) is 8.24. The van der Waals surface area contributed by atoms with E-state index in [1.807, 2.05) is 26.0 Å². The van der Waals surface area contributed by atoms with Crippen molar-refractivity contribution in [3.63, 3.8) is 0 Å². The summed E-state index contributed by atoms with van der Waals surface area (Å²) < 4.78 is 5.46. The fourth-order valence-corrected chi connectivity index (χ4v) is 3.46. The number of aryl methyl sites for hydroxylation is 2. The topological polar surface area (TPSA) is 34.2 Å². The zero-order valence-corrected chi connectivity index (χ0v) is 16.9. The van der Waals surface area contributed by atoms with Crippen molar-refractivity contribution >= 4 is 36.4 Å². The minimum atomic E-state index is 0.635. The maximum Gasteiger partial charge on any atom is 0.123 e. The Bertz CT molecular complexity index is 827. The smallest absolute Gasteiger partial charge is 0.123 e. The van der Waals surface area contributed by atoms with E-state index < -0.39 is 0 Å². The van der Waals surface area contributed by atoms with Crippen molar-refractivity contribution in [2.24, 2.45) is 0 Å². The summed E-state index contributed by atoms with van der Waals surface area (Å²) in [5.74, 6) is 0.854. The van der Waals surface area contributed by atoms with Crippen LogP contribution in [0.4, 0.5) is 11.4 Å². The van der Waals surface area contributed by atoms with Crippen LogP contribution in [0.3, 0.4) is 0 Å². The predicted octanol–water partition coefficient (Wildman–Crippen LogP) is 4.96. The van der Waals surface area contributed by atoms with E-state index in [0.29, 0.717) is 5.46 Å². The second-order valence-corrected chi connectivity index (χ2v) is 7.60. The maximum absolute atomic E-state index is 6.27. The fraction of sp³-hybridized carbons (Fsp3) is 0.350. The van der Waals surface area contributed by atoms with Crippen LogP contribution in [0.2, 0.25) is 0 Å². The van der Waals surface area contributed by atoms with Gasteiger partial charge in [0.2, 0.25) is 0 Å². The molecule has 0 fully saturated rings. The quantitative estimate of drug-likeness (QED) is 0.609. The normalized spacial score (nSPS) is 10.5. The van der Waals surface area contributed by atoms with Gasteiger partial charge in [0.25, 0.3) is 0 Å². The van der Waals surface area contributed by atoms with Gasteiger partial charge in [0, 0.05) is 23.1 Å². The number of ether oxygens (including phenoxy) is 1. The van der Waals surface area contributed by atoms with Crippen LogP contribution in [0.1, 0.15) is 37.6 Å². The molecule has 0 bridgehead atoms. The summed E-state index contributed by atoms with van der Waals surface area (Å²) in [6, 6.07) is 4.03. The highest BCUT2D eigenvalue weighted by Gasteiger charge is 2.15. The number of pyridine rings is 1. The van der Waals surface area contributed by atoms with Gasteiger partial charge < -0.3 is 10.1 Å². The van der Waals surface area contributed by atoms with Crippen LogP contribution in [0.5, 0.6) is 5.75 Å². The minimum absolute atomic E-state index is 0.635. The van der Waals surface area contributed by atoms with Gasteiger partial charge in [0.05, 0.1) is 17.7 Å². The number of rotatable bonds is 5. The number of hydrogen-bond donors (Lipinski definition) is 1. The molecule has 0 saturated carbocycles. The van der Waals surface area contributed by atoms with E-state index in [1.54, 1.807) is 25.1 Å². The lowest BCUT2D eigenvalue weighted by Crippen LogP contribution is -2.14. The Kier molecular flexibility index (Phi) is 6.23. The third-order valence-electron chi connectivity index (χ3n) is 4.29. The molecule has 5 heteroatoms. The Morgan fingerprint density at radius 2 is 1.80 bits per heavy atom. The molecule has 1 aromatic carbocycles. The van der Waals surface area contributed by atoms with Crippen molar-refractivity contribution in [1.82, 2.24) is 4.98 Å². The number of nitrogens with zero attached hydrogens (tertiary/aromatic N) is 1. The molecule has 0 saturated heterocycles. The van der Waals surface area contributed by atoms with Crippen molar-refractivity contribution in [3.05, 3.63) is 45.6 Å². The molecule has 3 nitrogen and oxygen atoms in total. The van der Waals surface area contributed by atoms with Crippen molar-refractivity contribution in [2.75, 3.05) is 12.4 Å². The third-order valence-corrected chi connectivity index (χ3v) is 5.71. The molecule has 0 aliphatic heterocycles. The van der Waals surface area contributed by atoms with E-state index in [0.717, 1.165) is 38.8 Å². The maximum atomic E-state index is 6.27. The van der Waals surface area contributed by atoms with E-state index in [4.69, 9.17) is 12.6 Å². The highest BCUT2D eigenvalue weighted by Crippen LogP contribution is 2.38. The van der Waals surface area contributed by atoms with Crippen LogP contribution < -0.4 is 15.5 Å². The number of aromatic nitrogens is 1. The van der Waals surface area contributed by atoms with Gasteiger partial charge in [0.15, 0.2) is 0 Å².